The number of carbonyl (C=O) groups is 1. The predicted octanol–water partition coefficient (Wildman–Crippen LogP) is 4.14. The molecule has 7 heteroatoms. The van der Waals surface area contributed by atoms with Gasteiger partial charge in [0.2, 0.25) is 0 Å². The summed E-state index contributed by atoms with van der Waals surface area (Å²) in [5.41, 5.74) is 4.20. The first-order chi connectivity index (χ1) is 13.6. The quantitative estimate of drug-likeness (QED) is 0.563. The number of H-pyrrole nitrogens is 2. The fourth-order valence-corrected chi connectivity index (χ4v) is 3.88. The molecule has 2 N–H and O–H groups in total. The zero-order chi connectivity index (χ0) is 19.3. The number of furan rings is 1. The number of hydrogen-bond acceptors (Lipinski definition) is 4. The lowest BCUT2D eigenvalue weighted by molar-refractivity contribution is 0.0724. The van der Waals surface area contributed by atoms with Gasteiger partial charge in [-0.1, -0.05) is 6.07 Å². The molecule has 0 aliphatic carbocycles. The number of hydrogen-bond donors (Lipinski definition) is 2. The molecule has 0 spiro atoms. The summed E-state index contributed by atoms with van der Waals surface area (Å²) in [4.78, 5) is 23.1. The summed E-state index contributed by atoms with van der Waals surface area (Å²) >= 11 is 0. The van der Waals surface area contributed by atoms with Crippen LogP contribution >= 0.6 is 0 Å². The number of benzene rings is 1. The molecule has 0 radical (unpaired) electrons. The Balaban J connectivity index is 1.43. The Morgan fingerprint density at radius 3 is 2.93 bits per heavy atom. The van der Waals surface area contributed by atoms with Crippen LogP contribution in [0.3, 0.4) is 0 Å². The molecule has 1 aliphatic heterocycles. The van der Waals surface area contributed by atoms with Crippen molar-refractivity contribution >= 4 is 16.9 Å². The fourth-order valence-electron chi connectivity index (χ4n) is 3.88. The molecule has 1 saturated heterocycles. The van der Waals surface area contributed by atoms with Crippen molar-refractivity contribution in [1.29, 1.82) is 0 Å². The van der Waals surface area contributed by atoms with Crippen molar-refractivity contribution < 1.29 is 9.21 Å². The molecule has 1 fully saturated rings. The molecule has 5 rings (SSSR count). The van der Waals surface area contributed by atoms with Crippen molar-refractivity contribution in [3.63, 3.8) is 0 Å². The first kappa shape index (κ1) is 16.8. The summed E-state index contributed by atoms with van der Waals surface area (Å²) in [5.74, 6) is 2.24. The van der Waals surface area contributed by atoms with Gasteiger partial charge in [0.1, 0.15) is 17.3 Å². The normalized spacial score (nSPS) is 16.9. The molecule has 0 bridgehead atoms. The number of nitrogens with zero attached hydrogens (tertiary/aromatic N) is 3. The van der Waals surface area contributed by atoms with Crippen molar-refractivity contribution in [3.05, 3.63) is 59.2 Å². The van der Waals surface area contributed by atoms with Crippen molar-refractivity contribution in [3.8, 4) is 11.5 Å². The average molecular weight is 375 g/mol. The molecule has 1 atom stereocenters. The van der Waals surface area contributed by atoms with Crippen LogP contribution in [0.5, 0.6) is 0 Å². The number of amides is 1. The van der Waals surface area contributed by atoms with Gasteiger partial charge in [-0.25, -0.2) is 4.98 Å². The molecule has 0 saturated carbocycles. The Bertz CT molecular complexity index is 1170. The third-order valence-electron chi connectivity index (χ3n) is 5.29. The first-order valence-electron chi connectivity index (χ1n) is 9.48. The topological polar surface area (TPSA) is 90.8 Å². The van der Waals surface area contributed by atoms with Crippen LogP contribution in [0.2, 0.25) is 0 Å². The molecule has 1 aliphatic rings. The lowest BCUT2D eigenvalue weighted by atomic mass is 10.2. The highest BCUT2D eigenvalue weighted by molar-refractivity contribution is 5.93. The van der Waals surface area contributed by atoms with Gasteiger partial charge in [0.25, 0.3) is 5.91 Å². The smallest absolute Gasteiger partial charge is 0.274 e. The van der Waals surface area contributed by atoms with E-state index >= 15 is 0 Å². The lowest BCUT2D eigenvalue weighted by Crippen LogP contribution is -2.31. The highest BCUT2D eigenvalue weighted by Gasteiger charge is 2.33. The van der Waals surface area contributed by atoms with Gasteiger partial charge >= 0.3 is 0 Å². The van der Waals surface area contributed by atoms with E-state index < -0.39 is 0 Å². The average Bonchev–Trinajstić information content (AvgIpc) is 3.45. The lowest BCUT2D eigenvalue weighted by Gasteiger charge is -2.22. The molecule has 4 aromatic rings. The maximum atomic E-state index is 13.1. The Morgan fingerprint density at radius 2 is 2.11 bits per heavy atom. The van der Waals surface area contributed by atoms with E-state index in [-0.39, 0.29) is 11.9 Å². The van der Waals surface area contributed by atoms with Crippen molar-refractivity contribution in [2.24, 2.45) is 0 Å². The van der Waals surface area contributed by atoms with Crippen LogP contribution in [0.25, 0.3) is 22.5 Å². The van der Waals surface area contributed by atoms with Crippen LogP contribution in [0, 0.1) is 13.8 Å². The maximum Gasteiger partial charge on any atom is 0.274 e. The number of aryl methyl sites for hydroxylation is 2. The van der Waals surface area contributed by atoms with E-state index in [1.54, 1.807) is 6.07 Å². The van der Waals surface area contributed by atoms with E-state index in [2.05, 4.69) is 28.2 Å². The second kappa shape index (κ2) is 6.37. The molecule has 28 heavy (non-hydrogen) atoms. The maximum absolute atomic E-state index is 13.1. The number of rotatable bonds is 3. The van der Waals surface area contributed by atoms with Crippen molar-refractivity contribution in [2.45, 2.75) is 32.7 Å². The number of imidazole rings is 1. The van der Waals surface area contributed by atoms with Gasteiger partial charge in [-0.2, -0.15) is 5.10 Å². The molecule has 1 aromatic carbocycles. The minimum atomic E-state index is -0.0927. The van der Waals surface area contributed by atoms with Gasteiger partial charge in [-0.3, -0.25) is 9.89 Å². The van der Waals surface area contributed by atoms with E-state index in [0.29, 0.717) is 23.7 Å². The molecular formula is C21H21N5O2. The summed E-state index contributed by atoms with van der Waals surface area (Å²) in [6.45, 7) is 4.64. The minimum absolute atomic E-state index is 0.0637. The second-order valence-corrected chi connectivity index (χ2v) is 7.38. The predicted molar refractivity (Wildman–Crippen MR) is 105 cm³/mol. The highest BCUT2D eigenvalue weighted by atomic mass is 16.3. The van der Waals surface area contributed by atoms with E-state index in [0.717, 1.165) is 35.5 Å². The molecule has 142 valence electrons. The molecular weight excluding hydrogens is 354 g/mol. The summed E-state index contributed by atoms with van der Waals surface area (Å²) in [7, 11) is 0. The number of carbonyl (C=O) groups excluding carboxylic acids is 1. The van der Waals surface area contributed by atoms with Crippen molar-refractivity contribution in [1.82, 2.24) is 25.1 Å². The number of likely N-dealkylation sites (tertiary alicyclic amines) is 1. The standard InChI is InChI=1S/C21H21N5O2/c1-12-5-7-14-15(10-12)23-20(22-14)18-4-3-9-26(18)21(27)17-11-16(24-25-17)19-8-6-13(2)28-19/h5-8,10-11,18H,3-4,9H2,1-2H3,(H,22,23)(H,24,25)/t18-/m0/s1. The number of aromatic nitrogens is 4. The number of fused-ring (bicyclic) bond motifs is 1. The van der Waals surface area contributed by atoms with E-state index in [9.17, 15) is 4.79 Å². The van der Waals surface area contributed by atoms with Crippen molar-refractivity contribution in [2.75, 3.05) is 6.54 Å². The molecule has 7 nitrogen and oxygen atoms in total. The second-order valence-electron chi connectivity index (χ2n) is 7.38. The summed E-state index contributed by atoms with van der Waals surface area (Å²) < 4.78 is 5.61. The Labute approximate surface area is 161 Å². The van der Waals surface area contributed by atoms with E-state index in [4.69, 9.17) is 9.40 Å². The van der Waals surface area contributed by atoms with Gasteiger partial charge in [-0.05, 0) is 56.5 Å². The van der Waals surface area contributed by atoms with Gasteiger partial charge in [-0.15, -0.1) is 0 Å². The Kier molecular flexibility index (Phi) is 3.82. The molecule has 0 unspecified atom stereocenters. The van der Waals surface area contributed by atoms with E-state index in [1.165, 1.54) is 5.56 Å². The van der Waals surface area contributed by atoms with Crippen LogP contribution in [0.15, 0.2) is 40.8 Å². The van der Waals surface area contributed by atoms with Crippen LogP contribution < -0.4 is 0 Å². The SMILES string of the molecule is Cc1ccc2nc([C@@H]3CCCN3C(=O)c3cc(-c4ccc(C)o4)[nH]n3)[nH]c2c1. The fraction of sp³-hybridized carbons (Fsp3) is 0.286. The molecule has 3 aromatic heterocycles. The third kappa shape index (κ3) is 2.79. The number of aromatic amines is 2. The molecule has 4 heterocycles. The molecule has 1 amide bonds. The van der Waals surface area contributed by atoms with Gasteiger partial charge in [0.15, 0.2) is 11.5 Å². The van der Waals surface area contributed by atoms with Gasteiger partial charge in [0.05, 0.1) is 17.1 Å². The summed E-state index contributed by atoms with van der Waals surface area (Å²) in [6, 6.07) is 11.6. The monoisotopic (exact) mass is 375 g/mol. The van der Waals surface area contributed by atoms with Crippen LogP contribution in [-0.4, -0.2) is 37.5 Å². The van der Waals surface area contributed by atoms with Gasteiger partial charge in [0, 0.05) is 12.6 Å². The van der Waals surface area contributed by atoms with Crippen LogP contribution in [0.4, 0.5) is 0 Å². The summed E-state index contributed by atoms with van der Waals surface area (Å²) in [5, 5.41) is 7.13. The number of nitrogens with one attached hydrogen (secondary N) is 2. The largest absolute Gasteiger partial charge is 0.460 e. The minimum Gasteiger partial charge on any atom is -0.460 e. The highest BCUT2D eigenvalue weighted by Crippen LogP contribution is 2.33. The Hall–Kier alpha value is -3.35. The van der Waals surface area contributed by atoms with Crippen LogP contribution in [-0.2, 0) is 0 Å². The van der Waals surface area contributed by atoms with E-state index in [1.807, 2.05) is 36.1 Å². The van der Waals surface area contributed by atoms with Gasteiger partial charge < -0.3 is 14.3 Å². The third-order valence-corrected chi connectivity index (χ3v) is 5.29. The zero-order valence-electron chi connectivity index (χ0n) is 15.8. The zero-order valence-corrected chi connectivity index (χ0v) is 15.8. The summed E-state index contributed by atoms with van der Waals surface area (Å²) in [6.07, 6.45) is 1.83. The Morgan fingerprint density at radius 1 is 1.21 bits per heavy atom. The first-order valence-corrected chi connectivity index (χ1v) is 9.48. The van der Waals surface area contributed by atoms with Crippen LogP contribution in [0.1, 0.15) is 46.5 Å².